The predicted octanol–water partition coefficient (Wildman–Crippen LogP) is 1.93. The monoisotopic (exact) mass is 278 g/mol. The van der Waals surface area contributed by atoms with Gasteiger partial charge in [-0.3, -0.25) is 0 Å². The Balaban J connectivity index is 1.89. The van der Waals surface area contributed by atoms with Gasteiger partial charge >= 0.3 is 6.03 Å². The van der Waals surface area contributed by atoms with Crippen molar-refractivity contribution >= 4 is 6.03 Å². The highest BCUT2D eigenvalue weighted by atomic mass is 16.5. The highest BCUT2D eigenvalue weighted by molar-refractivity contribution is 5.73. The summed E-state index contributed by atoms with van der Waals surface area (Å²) in [5, 5.41) is 10.5. The van der Waals surface area contributed by atoms with E-state index in [1.807, 2.05) is 20.8 Å². The van der Waals surface area contributed by atoms with Gasteiger partial charge in [0.15, 0.2) is 0 Å². The first-order valence-corrected chi connectivity index (χ1v) is 6.30. The third kappa shape index (κ3) is 3.17. The molecule has 0 atom stereocenters. The third-order valence-electron chi connectivity index (χ3n) is 3.02. The Morgan fingerprint density at radius 1 is 1.30 bits per heavy atom. The van der Waals surface area contributed by atoms with E-state index in [-0.39, 0.29) is 6.03 Å². The second-order valence-corrected chi connectivity index (χ2v) is 4.75. The Labute approximate surface area is 116 Å². The van der Waals surface area contributed by atoms with E-state index in [4.69, 9.17) is 9.05 Å². The molecule has 1 N–H and O–H groups in total. The quantitative estimate of drug-likeness (QED) is 0.923. The van der Waals surface area contributed by atoms with Crippen LogP contribution in [0.3, 0.4) is 0 Å². The number of hydrogen-bond acceptors (Lipinski definition) is 5. The summed E-state index contributed by atoms with van der Waals surface area (Å²) in [6.45, 7) is 6.28. The molecule has 20 heavy (non-hydrogen) atoms. The molecule has 0 saturated carbocycles. The normalized spacial score (nSPS) is 10.6. The average molecular weight is 278 g/mol. The van der Waals surface area contributed by atoms with Crippen molar-refractivity contribution in [1.82, 2.24) is 20.5 Å². The molecule has 2 aromatic rings. The minimum Gasteiger partial charge on any atom is -0.361 e. The summed E-state index contributed by atoms with van der Waals surface area (Å²) in [5.41, 5.74) is 2.43. The van der Waals surface area contributed by atoms with E-state index in [2.05, 4.69) is 15.6 Å². The molecule has 2 rings (SSSR count). The van der Waals surface area contributed by atoms with Crippen LogP contribution in [-0.4, -0.2) is 28.3 Å². The van der Waals surface area contributed by atoms with Gasteiger partial charge in [-0.15, -0.1) is 0 Å². The van der Waals surface area contributed by atoms with Crippen molar-refractivity contribution in [2.75, 3.05) is 7.05 Å². The van der Waals surface area contributed by atoms with E-state index in [0.717, 1.165) is 22.8 Å². The highest BCUT2D eigenvalue weighted by Crippen LogP contribution is 2.14. The van der Waals surface area contributed by atoms with E-state index < -0.39 is 0 Å². The molecule has 7 nitrogen and oxygen atoms in total. The van der Waals surface area contributed by atoms with Gasteiger partial charge in [-0.25, -0.2) is 4.79 Å². The molecule has 0 bridgehead atoms. The lowest BCUT2D eigenvalue weighted by Gasteiger charge is -2.17. The molecule has 0 spiro atoms. The number of rotatable bonds is 4. The van der Waals surface area contributed by atoms with Crippen molar-refractivity contribution in [1.29, 1.82) is 0 Å². The van der Waals surface area contributed by atoms with Crippen LogP contribution in [0.15, 0.2) is 15.1 Å². The molecule has 0 aliphatic carbocycles. The largest absolute Gasteiger partial charge is 0.361 e. The van der Waals surface area contributed by atoms with Crippen LogP contribution in [0.4, 0.5) is 4.79 Å². The van der Waals surface area contributed by atoms with Gasteiger partial charge in [0.05, 0.1) is 18.8 Å². The van der Waals surface area contributed by atoms with E-state index >= 15 is 0 Å². The summed E-state index contributed by atoms with van der Waals surface area (Å²) in [7, 11) is 1.72. The van der Waals surface area contributed by atoms with Crippen molar-refractivity contribution in [2.45, 2.75) is 33.9 Å². The van der Waals surface area contributed by atoms with Crippen LogP contribution in [0.25, 0.3) is 0 Å². The van der Waals surface area contributed by atoms with Gasteiger partial charge in [0.1, 0.15) is 17.2 Å². The topological polar surface area (TPSA) is 84.4 Å². The number of amides is 2. The first kappa shape index (κ1) is 14.1. The number of carbonyl (C=O) groups is 1. The maximum Gasteiger partial charge on any atom is 0.317 e. The number of hydrogen-bond donors (Lipinski definition) is 1. The fourth-order valence-corrected chi connectivity index (χ4v) is 1.84. The molecule has 7 heteroatoms. The number of carbonyl (C=O) groups excluding carboxylic acids is 1. The van der Waals surface area contributed by atoms with Crippen LogP contribution in [0.2, 0.25) is 0 Å². The van der Waals surface area contributed by atoms with E-state index in [9.17, 15) is 4.79 Å². The summed E-state index contributed by atoms with van der Waals surface area (Å²) in [4.78, 5) is 13.5. The molecule has 2 amide bonds. The first-order valence-electron chi connectivity index (χ1n) is 6.30. The van der Waals surface area contributed by atoms with Gasteiger partial charge in [-0.05, 0) is 20.8 Å². The Morgan fingerprint density at radius 3 is 2.60 bits per heavy atom. The van der Waals surface area contributed by atoms with E-state index in [1.54, 1.807) is 18.0 Å². The fourth-order valence-electron chi connectivity index (χ4n) is 1.84. The Bertz CT molecular complexity index is 583. The molecule has 2 heterocycles. The smallest absolute Gasteiger partial charge is 0.317 e. The number of nitrogens with one attached hydrogen (secondary N) is 1. The van der Waals surface area contributed by atoms with Crippen molar-refractivity contribution < 1.29 is 13.8 Å². The molecule has 0 aliphatic rings. The molecule has 0 unspecified atom stereocenters. The highest BCUT2D eigenvalue weighted by Gasteiger charge is 2.15. The van der Waals surface area contributed by atoms with Crippen molar-refractivity contribution in [3.63, 3.8) is 0 Å². The van der Waals surface area contributed by atoms with Crippen LogP contribution in [0, 0.1) is 20.8 Å². The molecule has 0 radical (unpaired) electrons. The number of aromatic nitrogens is 2. The predicted molar refractivity (Wildman–Crippen MR) is 70.9 cm³/mol. The number of aryl methyl sites for hydroxylation is 3. The third-order valence-corrected chi connectivity index (χ3v) is 3.02. The Kier molecular flexibility index (Phi) is 4.07. The van der Waals surface area contributed by atoms with Crippen LogP contribution >= 0.6 is 0 Å². The fraction of sp³-hybridized carbons (Fsp3) is 0.462. The van der Waals surface area contributed by atoms with Gasteiger partial charge in [0.25, 0.3) is 0 Å². The first-order chi connectivity index (χ1) is 9.47. The van der Waals surface area contributed by atoms with Crippen molar-refractivity contribution in [3.8, 4) is 0 Å². The second-order valence-electron chi connectivity index (χ2n) is 4.75. The Morgan fingerprint density at radius 2 is 2.05 bits per heavy atom. The summed E-state index contributed by atoms with van der Waals surface area (Å²) in [6.07, 6.45) is 0. The number of nitrogens with zero attached hydrogens (tertiary/aromatic N) is 3. The minimum atomic E-state index is -0.189. The zero-order chi connectivity index (χ0) is 14.7. The number of urea groups is 1. The van der Waals surface area contributed by atoms with E-state index in [0.29, 0.717) is 18.8 Å². The van der Waals surface area contributed by atoms with Gasteiger partial charge < -0.3 is 19.3 Å². The van der Waals surface area contributed by atoms with Gasteiger partial charge in [0, 0.05) is 18.7 Å². The average Bonchev–Trinajstić information content (AvgIpc) is 2.96. The lowest BCUT2D eigenvalue weighted by Crippen LogP contribution is -2.36. The molecule has 0 fully saturated rings. The molecular formula is C13H18N4O3. The van der Waals surface area contributed by atoms with Crippen LogP contribution in [0.5, 0.6) is 0 Å². The van der Waals surface area contributed by atoms with Crippen molar-refractivity contribution in [3.05, 3.63) is 34.5 Å². The standard InChI is InChI=1S/C13H18N4O3/c1-8-5-11(16-19-8)6-14-13(18)17(4)7-12-9(2)15-20-10(12)3/h5H,6-7H2,1-4H3,(H,14,18). The zero-order valence-electron chi connectivity index (χ0n) is 12.1. The SMILES string of the molecule is Cc1cc(CNC(=O)N(C)Cc2c(C)noc2C)no1. The van der Waals surface area contributed by atoms with Crippen LogP contribution in [-0.2, 0) is 13.1 Å². The van der Waals surface area contributed by atoms with Gasteiger partial charge in [-0.2, -0.15) is 0 Å². The molecule has 0 aliphatic heterocycles. The van der Waals surface area contributed by atoms with Crippen molar-refractivity contribution in [2.24, 2.45) is 0 Å². The lowest BCUT2D eigenvalue weighted by atomic mass is 10.2. The van der Waals surface area contributed by atoms with Crippen LogP contribution < -0.4 is 5.32 Å². The summed E-state index contributed by atoms with van der Waals surface area (Å²) in [5.74, 6) is 1.45. The summed E-state index contributed by atoms with van der Waals surface area (Å²) < 4.78 is 10.0. The maximum atomic E-state index is 12.0. The molecular weight excluding hydrogens is 260 g/mol. The molecule has 0 saturated heterocycles. The molecule has 108 valence electrons. The summed E-state index contributed by atoms with van der Waals surface area (Å²) >= 11 is 0. The molecule has 0 aromatic carbocycles. The van der Waals surface area contributed by atoms with Crippen LogP contribution in [0.1, 0.15) is 28.5 Å². The van der Waals surface area contributed by atoms with E-state index in [1.165, 1.54) is 0 Å². The summed E-state index contributed by atoms with van der Waals surface area (Å²) in [6, 6.07) is 1.60. The maximum absolute atomic E-state index is 12.0. The lowest BCUT2D eigenvalue weighted by molar-refractivity contribution is 0.206. The van der Waals surface area contributed by atoms with Gasteiger partial charge in [0.2, 0.25) is 0 Å². The molecule has 2 aromatic heterocycles. The Hall–Kier alpha value is -2.31. The van der Waals surface area contributed by atoms with Gasteiger partial charge in [-0.1, -0.05) is 10.3 Å². The zero-order valence-corrected chi connectivity index (χ0v) is 12.1. The minimum absolute atomic E-state index is 0.189. The second kappa shape index (κ2) is 5.77.